The fraction of sp³-hybridized carbons (Fsp3) is 0.484. The van der Waals surface area contributed by atoms with Crippen molar-refractivity contribution in [3.05, 3.63) is 58.2 Å². The Balaban J connectivity index is 1.48. The molecule has 0 bridgehead atoms. The Bertz CT molecular complexity index is 1340. The molecule has 5 aliphatic rings. The first-order chi connectivity index (χ1) is 18.3. The number of rotatable bonds is 4. The van der Waals surface area contributed by atoms with E-state index in [0.717, 1.165) is 37.7 Å². The standard InChI is InChI=1S/C31H33NO6/c1-3-38-24-11-7-10-19(29(24)35)25-18-12-13-20-26(31(37)32(30(20)36)17-8-5-4-6-9-17)21(18)15-22-23(33)14-16(2)28(34)27(22)25/h7,10-12,14,17,20-21,25-26,35H,3-6,8-9,13,15H2,1-2H3. The van der Waals surface area contributed by atoms with Crippen molar-refractivity contribution < 1.29 is 29.0 Å². The Morgan fingerprint density at radius 1 is 1.03 bits per heavy atom. The van der Waals surface area contributed by atoms with Gasteiger partial charge in [0, 0.05) is 34.2 Å². The van der Waals surface area contributed by atoms with Crippen LogP contribution < -0.4 is 4.74 Å². The summed E-state index contributed by atoms with van der Waals surface area (Å²) >= 11 is 0. The van der Waals surface area contributed by atoms with Gasteiger partial charge in [0.2, 0.25) is 11.8 Å². The number of imide groups is 1. The van der Waals surface area contributed by atoms with Gasteiger partial charge in [-0.1, -0.05) is 43.0 Å². The zero-order valence-corrected chi connectivity index (χ0v) is 21.9. The number of benzene rings is 1. The highest BCUT2D eigenvalue weighted by Crippen LogP contribution is 2.57. The summed E-state index contributed by atoms with van der Waals surface area (Å²) in [5.74, 6) is -2.53. The van der Waals surface area contributed by atoms with E-state index in [1.165, 1.54) is 11.0 Å². The third kappa shape index (κ3) is 3.62. The zero-order chi connectivity index (χ0) is 26.7. The lowest BCUT2D eigenvalue weighted by Crippen LogP contribution is -2.43. The second kappa shape index (κ2) is 9.37. The molecule has 1 saturated heterocycles. The Morgan fingerprint density at radius 3 is 2.53 bits per heavy atom. The summed E-state index contributed by atoms with van der Waals surface area (Å²) in [5, 5.41) is 11.2. The van der Waals surface area contributed by atoms with Crippen molar-refractivity contribution in [2.75, 3.05) is 6.61 Å². The highest BCUT2D eigenvalue weighted by Gasteiger charge is 2.57. The van der Waals surface area contributed by atoms with E-state index in [4.69, 9.17) is 4.74 Å². The molecule has 7 nitrogen and oxygen atoms in total. The zero-order valence-electron chi connectivity index (χ0n) is 21.9. The second-order valence-corrected chi connectivity index (χ2v) is 11.2. The van der Waals surface area contributed by atoms with E-state index >= 15 is 0 Å². The quantitative estimate of drug-likeness (QED) is 0.359. The number of hydrogen-bond acceptors (Lipinski definition) is 6. The average Bonchev–Trinajstić information content (AvgIpc) is 3.18. The molecule has 1 N–H and O–H groups in total. The number of carbonyl (C=O) groups excluding carboxylic acids is 4. The van der Waals surface area contributed by atoms with Gasteiger partial charge < -0.3 is 9.84 Å². The van der Waals surface area contributed by atoms with Crippen LogP contribution in [-0.4, -0.2) is 46.0 Å². The van der Waals surface area contributed by atoms with Crippen molar-refractivity contribution in [1.29, 1.82) is 0 Å². The highest BCUT2D eigenvalue weighted by molar-refractivity contribution is 6.24. The molecule has 1 aliphatic heterocycles. The van der Waals surface area contributed by atoms with Crippen LogP contribution in [0.15, 0.2) is 52.6 Å². The topological polar surface area (TPSA) is 101 Å². The molecule has 4 unspecified atom stereocenters. The summed E-state index contributed by atoms with van der Waals surface area (Å²) in [7, 11) is 0. The number of aromatic hydroxyl groups is 1. The number of nitrogens with zero attached hydrogens (tertiary/aromatic N) is 1. The number of phenols is 1. The lowest BCUT2D eigenvalue weighted by Gasteiger charge is -2.42. The van der Waals surface area contributed by atoms with Crippen molar-refractivity contribution in [2.45, 2.75) is 70.8 Å². The van der Waals surface area contributed by atoms with E-state index in [-0.39, 0.29) is 47.5 Å². The number of ether oxygens (including phenoxy) is 1. The molecule has 2 amide bonds. The number of likely N-dealkylation sites (tertiary alicyclic amines) is 1. The number of allylic oxidation sites excluding steroid dienone is 6. The minimum Gasteiger partial charge on any atom is -0.504 e. The third-order valence-electron chi connectivity index (χ3n) is 9.18. The van der Waals surface area contributed by atoms with Gasteiger partial charge in [-0.05, 0) is 57.6 Å². The molecule has 0 spiro atoms. The maximum atomic E-state index is 13.9. The van der Waals surface area contributed by atoms with E-state index in [0.29, 0.717) is 41.1 Å². The van der Waals surface area contributed by atoms with Crippen LogP contribution in [0.1, 0.15) is 70.3 Å². The number of amides is 2. The summed E-state index contributed by atoms with van der Waals surface area (Å²) in [6.07, 6.45) is 8.86. The maximum Gasteiger partial charge on any atom is 0.233 e. The van der Waals surface area contributed by atoms with Crippen LogP contribution >= 0.6 is 0 Å². The van der Waals surface area contributed by atoms with E-state index in [9.17, 15) is 24.3 Å². The lowest BCUT2D eigenvalue weighted by atomic mass is 9.59. The molecule has 4 aliphatic carbocycles. The van der Waals surface area contributed by atoms with Crippen LogP contribution in [0.2, 0.25) is 0 Å². The van der Waals surface area contributed by atoms with Gasteiger partial charge >= 0.3 is 0 Å². The van der Waals surface area contributed by atoms with E-state index in [1.807, 2.05) is 13.0 Å². The predicted octanol–water partition coefficient (Wildman–Crippen LogP) is 4.55. The van der Waals surface area contributed by atoms with Crippen LogP contribution in [0.4, 0.5) is 0 Å². The molecule has 198 valence electrons. The Kier molecular flexibility index (Phi) is 6.12. The lowest BCUT2D eigenvalue weighted by molar-refractivity contribution is -0.143. The number of Topliss-reactive ketones (excluding diaryl/α,β-unsaturated/α-hetero) is 1. The van der Waals surface area contributed by atoms with Crippen molar-refractivity contribution in [3.8, 4) is 11.5 Å². The smallest absolute Gasteiger partial charge is 0.233 e. The van der Waals surface area contributed by atoms with Gasteiger partial charge in [-0.25, -0.2) is 0 Å². The number of ketones is 2. The number of phenolic OH excluding ortho intramolecular Hbond substituents is 1. The molecule has 6 rings (SSSR count). The molecule has 1 aromatic carbocycles. The van der Waals surface area contributed by atoms with Crippen LogP contribution in [0, 0.1) is 17.8 Å². The third-order valence-corrected chi connectivity index (χ3v) is 9.18. The van der Waals surface area contributed by atoms with Crippen molar-refractivity contribution in [3.63, 3.8) is 0 Å². The molecule has 1 aromatic rings. The molecule has 1 heterocycles. The van der Waals surface area contributed by atoms with Crippen molar-refractivity contribution in [1.82, 2.24) is 4.90 Å². The first-order valence-electron chi connectivity index (χ1n) is 13.8. The fourth-order valence-electron chi connectivity index (χ4n) is 7.48. The van der Waals surface area contributed by atoms with Gasteiger partial charge in [0.05, 0.1) is 18.4 Å². The summed E-state index contributed by atoms with van der Waals surface area (Å²) in [6, 6.07) is 5.14. The normalized spacial score (nSPS) is 29.6. The summed E-state index contributed by atoms with van der Waals surface area (Å²) in [5.41, 5.74) is 2.46. The van der Waals surface area contributed by atoms with Crippen LogP contribution in [0.5, 0.6) is 11.5 Å². The number of carbonyl (C=O) groups is 4. The Labute approximate surface area is 222 Å². The monoisotopic (exact) mass is 515 g/mol. The first-order valence-corrected chi connectivity index (χ1v) is 13.8. The Morgan fingerprint density at radius 2 is 1.79 bits per heavy atom. The van der Waals surface area contributed by atoms with Crippen molar-refractivity contribution >= 4 is 23.4 Å². The summed E-state index contributed by atoms with van der Waals surface area (Å²) in [4.78, 5) is 55.9. The second-order valence-electron chi connectivity index (χ2n) is 11.2. The van der Waals surface area contributed by atoms with Gasteiger partial charge in [-0.3, -0.25) is 24.1 Å². The highest BCUT2D eigenvalue weighted by atomic mass is 16.5. The van der Waals surface area contributed by atoms with Gasteiger partial charge in [0.15, 0.2) is 23.1 Å². The first kappa shape index (κ1) is 24.8. The van der Waals surface area contributed by atoms with Crippen LogP contribution in [0.25, 0.3) is 0 Å². The molecule has 1 saturated carbocycles. The van der Waals surface area contributed by atoms with Gasteiger partial charge in [0.25, 0.3) is 0 Å². The summed E-state index contributed by atoms with van der Waals surface area (Å²) in [6.45, 7) is 3.82. The maximum absolute atomic E-state index is 13.9. The molecule has 7 heteroatoms. The number of hydrogen-bond donors (Lipinski definition) is 1. The molecular formula is C31H33NO6. The minimum absolute atomic E-state index is 0.0534. The molecule has 4 atom stereocenters. The molecule has 0 aromatic heterocycles. The van der Waals surface area contributed by atoms with Gasteiger partial charge in [-0.15, -0.1) is 0 Å². The molecule has 0 radical (unpaired) electrons. The van der Waals surface area contributed by atoms with E-state index in [2.05, 4.69) is 0 Å². The van der Waals surface area contributed by atoms with Gasteiger partial charge in [0.1, 0.15) is 0 Å². The van der Waals surface area contributed by atoms with E-state index < -0.39 is 17.8 Å². The van der Waals surface area contributed by atoms with E-state index in [1.54, 1.807) is 25.1 Å². The SMILES string of the molecule is CCOc1cccc(C2C3=CCC4C(=O)N(C5CCCCC5)C(=O)C4C3CC3=C2C(=O)C(C)=CC3=O)c1O. The number of para-hydroxylation sites is 1. The van der Waals surface area contributed by atoms with Gasteiger partial charge in [-0.2, -0.15) is 0 Å². The molecular weight excluding hydrogens is 482 g/mol. The van der Waals surface area contributed by atoms with Crippen molar-refractivity contribution in [2.24, 2.45) is 17.8 Å². The van der Waals surface area contributed by atoms with Crippen LogP contribution in [-0.2, 0) is 19.2 Å². The minimum atomic E-state index is -0.683. The van der Waals surface area contributed by atoms with Crippen LogP contribution in [0.3, 0.4) is 0 Å². The summed E-state index contributed by atoms with van der Waals surface area (Å²) < 4.78 is 5.64. The number of fused-ring (bicyclic) bond motifs is 3. The largest absolute Gasteiger partial charge is 0.504 e. The average molecular weight is 516 g/mol. The Hall–Kier alpha value is -3.48. The molecule has 38 heavy (non-hydrogen) atoms. The predicted molar refractivity (Wildman–Crippen MR) is 139 cm³/mol. The fourth-order valence-corrected chi connectivity index (χ4v) is 7.48. The molecule has 2 fully saturated rings.